The van der Waals surface area contributed by atoms with Gasteiger partial charge >= 0.3 is 17.9 Å². The molecule has 6 heteroatoms. The van der Waals surface area contributed by atoms with Crippen molar-refractivity contribution in [3.63, 3.8) is 0 Å². The summed E-state index contributed by atoms with van der Waals surface area (Å²) in [6.07, 6.45) is 93.9. The number of rotatable bonds is 62. The van der Waals surface area contributed by atoms with E-state index in [2.05, 4.69) is 130 Å². The Balaban J connectivity index is 4.24. The smallest absolute Gasteiger partial charge is 0.306 e. The molecule has 1 atom stereocenters. The van der Waals surface area contributed by atoms with Gasteiger partial charge in [-0.1, -0.05) is 310 Å². The topological polar surface area (TPSA) is 78.9 Å². The summed E-state index contributed by atoms with van der Waals surface area (Å²) >= 11 is 0. The molecule has 464 valence electrons. The Labute approximate surface area is 501 Å². The van der Waals surface area contributed by atoms with Gasteiger partial charge in [0.25, 0.3) is 0 Å². The second-order valence-corrected chi connectivity index (χ2v) is 22.7. The molecule has 0 aliphatic carbocycles. The van der Waals surface area contributed by atoms with Crippen LogP contribution in [0.1, 0.15) is 329 Å². The average molecular weight is 1130 g/mol. The quantitative estimate of drug-likeness (QED) is 0.0261. The third-order valence-electron chi connectivity index (χ3n) is 14.8. The molecule has 0 bridgehead atoms. The summed E-state index contributed by atoms with van der Waals surface area (Å²) in [7, 11) is 0. The van der Waals surface area contributed by atoms with Gasteiger partial charge in [-0.15, -0.1) is 0 Å². The molecule has 6 nitrogen and oxygen atoms in total. The van der Waals surface area contributed by atoms with E-state index in [4.69, 9.17) is 14.2 Å². The van der Waals surface area contributed by atoms with E-state index >= 15 is 0 Å². The van der Waals surface area contributed by atoms with Crippen LogP contribution in [0.4, 0.5) is 0 Å². The summed E-state index contributed by atoms with van der Waals surface area (Å²) in [5.74, 6) is -0.878. The van der Waals surface area contributed by atoms with Crippen LogP contribution in [-0.2, 0) is 28.6 Å². The first-order chi connectivity index (χ1) is 40.0. The van der Waals surface area contributed by atoms with Gasteiger partial charge < -0.3 is 14.2 Å². The number of unbranched alkanes of at least 4 members (excludes halogenated alkanes) is 33. The monoisotopic (exact) mass is 1120 g/mol. The molecule has 0 aliphatic rings. The molecular weight excluding hydrogens is 997 g/mol. The van der Waals surface area contributed by atoms with Gasteiger partial charge in [0.1, 0.15) is 13.2 Å². The van der Waals surface area contributed by atoms with Gasteiger partial charge in [-0.05, 0) is 109 Å². The number of ether oxygens (including phenoxy) is 3. The van der Waals surface area contributed by atoms with E-state index in [0.29, 0.717) is 19.3 Å². The zero-order chi connectivity index (χ0) is 58.5. The molecule has 0 radical (unpaired) electrons. The molecule has 0 saturated heterocycles. The molecule has 0 spiro atoms. The molecule has 0 aromatic heterocycles. The van der Waals surface area contributed by atoms with E-state index in [1.165, 1.54) is 173 Å². The maximum atomic E-state index is 12.9. The third-order valence-corrected chi connectivity index (χ3v) is 14.8. The van der Waals surface area contributed by atoms with Crippen molar-refractivity contribution in [2.45, 2.75) is 335 Å². The van der Waals surface area contributed by atoms with E-state index < -0.39 is 6.10 Å². The molecule has 0 saturated carbocycles. The van der Waals surface area contributed by atoms with Crippen molar-refractivity contribution in [3.05, 3.63) is 109 Å². The van der Waals surface area contributed by atoms with Gasteiger partial charge in [-0.25, -0.2) is 0 Å². The fraction of sp³-hybridized carbons (Fsp3) is 0.720. The summed E-state index contributed by atoms with van der Waals surface area (Å²) in [4.78, 5) is 38.3. The largest absolute Gasteiger partial charge is 0.462 e. The van der Waals surface area contributed by atoms with Gasteiger partial charge in [0.05, 0.1) is 0 Å². The number of esters is 3. The molecule has 0 aliphatic heterocycles. The second-order valence-electron chi connectivity index (χ2n) is 22.7. The lowest BCUT2D eigenvalue weighted by atomic mass is 10.1. The molecule has 0 rings (SSSR count). The van der Waals surface area contributed by atoms with E-state index in [-0.39, 0.29) is 31.1 Å². The van der Waals surface area contributed by atoms with Gasteiger partial charge in [-0.2, -0.15) is 0 Å². The summed E-state index contributed by atoms with van der Waals surface area (Å²) in [6, 6.07) is 0. The van der Waals surface area contributed by atoms with E-state index in [0.717, 1.165) is 116 Å². The highest BCUT2D eigenvalue weighted by Crippen LogP contribution is 2.16. The van der Waals surface area contributed by atoms with Crippen LogP contribution < -0.4 is 0 Å². The Hall–Kier alpha value is -3.93. The Bertz CT molecular complexity index is 1620. The summed E-state index contributed by atoms with van der Waals surface area (Å²) in [5, 5.41) is 0. The highest BCUT2D eigenvalue weighted by molar-refractivity contribution is 5.71. The number of hydrogen-bond donors (Lipinski definition) is 0. The number of carbonyl (C=O) groups is 3. The zero-order valence-electron chi connectivity index (χ0n) is 53.3. The van der Waals surface area contributed by atoms with E-state index in [1.54, 1.807) is 0 Å². The minimum absolute atomic E-state index is 0.0781. The lowest BCUT2D eigenvalue weighted by molar-refractivity contribution is -0.167. The van der Waals surface area contributed by atoms with Gasteiger partial charge in [0, 0.05) is 19.3 Å². The van der Waals surface area contributed by atoms with Crippen LogP contribution in [0.5, 0.6) is 0 Å². The first-order valence-corrected chi connectivity index (χ1v) is 34.4. The van der Waals surface area contributed by atoms with Crippen LogP contribution in [0.3, 0.4) is 0 Å². The normalized spacial score (nSPS) is 12.8. The Morgan fingerprint density at radius 1 is 0.259 bits per heavy atom. The maximum Gasteiger partial charge on any atom is 0.306 e. The minimum atomic E-state index is -0.782. The zero-order valence-corrected chi connectivity index (χ0v) is 53.3. The summed E-state index contributed by atoms with van der Waals surface area (Å²) < 4.78 is 16.9. The van der Waals surface area contributed by atoms with E-state index in [9.17, 15) is 14.4 Å². The second kappa shape index (κ2) is 68.6. The molecule has 0 aromatic carbocycles. The van der Waals surface area contributed by atoms with Crippen molar-refractivity contribution >= 4 is 17.9 Å². The molecule has 1 unspecified atom stereocenters. The molecule has 0 amide bonds. The Kier molecular flexibility index (Phi) is 65.2. The lowest BCUT2D eigenvalue weighted by Gasteiger charge is -2.18. The predicted octanol–water partition coefficient (Wildman–Crippen LogP) is 23.8. The number of allylic oxidation sites excluding steroid dienone is 18. The molecule has 0 fully saturated rings. The van der Waals surface area contributed by atoms with Crippen LogP contribution in [0.2, 0.25) is 0 Å². The van der Waals surface area contributed by atoms with Gasteiger partial charge in [-0.3, -0.25) is 14.4 Å². The van der Waals surface area contributed by atoms with Crippen molar-refractivity contribution < 1.29 is 28.6 Å². The summed E-state index contributed by atoms with van der Waals surface area (Å²) in [6.45, 7) is 6.54. The highest BCUT2D eigenvalue weighted by Gasteiger charge is 2.19. The van der Waals surface area contributed by atoms with Crippen LogP contribution in [0.15, 0.2) is 109 Å². The minimum Gasteiger partial charge on any atom is -0.462 e. The lowest BCUT2D eigenvalue weighted by Crippen LogP contribution is -2.30. The molecule has 81 heavy (non-hydrogen) atoms. The van der Waals surface area contributed by atoms with Crippen molar-refractivity contribution in [2.75, 3.05) is 13.2 Å². The number of hydrogen-bond acceptors (Lipinski definition) is 6. The highest BCUT2D eigenvalue weighted by atomic mass is 16.6. The SMILES string of the molecule is CC/C=C\C/C=C\C/C=C\C/C=C\C/C=C\C/C=C\C/C=C\C/C=C\CCCCCCCCCCC(=O)OCC(COC(=O)CCCCCCCCCCCCC)OC(=O)CCCCCCCCCCC/C=C\CCCCCCCC. The fourth-order valence-electron chi connectivity index (χ4n) is 9.63. The van der Waals surface area contributed by atoms with Crippen LogP contribution in [0, 0.1) is 0 Å². The van der Waals surface area contributed by atoms with Crippen LogP contribution in [0.25, 0.3) is 0 Å². The maximum absolute atomic E-state index is 12.9. The summed E-state index contributed by atoms with van der Waals surface area (Å²) in [5.41, 5.74) is 0. The predicted molar refractivity (Wildman–Crippen MR) is 353 cm³/mol. The molecule has 0 aromatic rings. The van der Waals surface area contributed by atoms with Gasteiger partial charge in [0.15, 0.2) is 6.10 Å². The van der Waals surface area contributed by atoms with Gasteiger partial charge in [0.2, 0.25) is 0 Å². The molecular formula is C75H128O6. The standard InChI is InChI=1S/C75H128O6/c1-4-7-10-13-16-19-22-24-26-28-30-31-32-33-34-35-36-37-38-39-40-41-42-43-45-46-48-50-53-56-59-62-65-68-74(77)80-71-72(70-79-73(76)67-64-61-58-55-52-21-18-15-12-9-6-3)81-75(78)69-66-63-60-57-54-51-49-47-44-29-27-25-23-20-17-14-11-8-5-2/h7,10,16,19,24-27,30-31,33-34,36-37,39-40,42-43,72H,4-6,8-9,11-15,17-18,20-23,28-29,32,35,38,41,44-71H2,1-3H3/b10-7-,19-16-,26-24-,27-25-,31-30-,34-33-,37-36-,40-39-,43-42-. The number of carbonyl (C=O) groups excluding carboxylic acids is 3. The molecule has 0 N–H and O–H groups in total. The average Bonchev–Trinajstić information content (AvgIpc) is 3.47. The first-order valence-electron chi connectivity index (χ1n) is 34.4. The van der Waals surface area contributed by atoms with Crippen molar-refractivity contribution in [2.24, 2.45) is 0 Å². The van der Waals surface area contributed by atoms with E-state index in [1.807, 2.05) is 0 Å². The Morgan fingerprint density at radius 2 is 0.481 bits per heavy atom. The van der Waals surface area contributed by atoms with Crippen LogP contribution in [-0.4, -0.2) is 37.2 Å². The van der Waals surface area contributed by atoms with Crippen molar-refractivity contribution in [3.8, 4) is 0 Å². The van der Waals surface area contributed by atoms with Crippen molar-refractivity contribution in [1.29, 1.82) is 0 Å². The fourth-order valence-corrected chi connectivity index (χ4v) is 9.63. The van der Waals surface area contributed by atoms with Crippen LogP contribution >= 0.6 is 0 Å². The van der Waals surface area contributed by atoms with Crippen molar-refractivity contribution in [1.82, 2.24) is 0 Å². The first kappa shape index (κ1) is 77.1. The molecule has 0 heterocycles. The Morgan fingerprint density at radius 3 is 0.765 bits per heavy atom. The third kappa shape index (κ3) is 66.8.